The third-order valence-electron chi connectivity index (χ3n) is 1.57. The van der Waals surface area contributed by atoms with Gasteiger partial charge in [-0.25, -0.2) is 0 Å². The van der Waals surface area contributed by atoms with Gasteiger partial charge in [-0.3, -0.25) is 4.79 Å². The fourth-order valence-corrected chi connectivity index (χ4v) is 0.877. The predicted molar refractivity (Wildman–Crippen MR) is 51.3 cm³/mol. The van der Waals surface area contributed by atoms with Crippen LogP contribution in [0.25, 0.3) is 0 Å². The first-order valence-electron chi connectivity index (χ1n) is 4.63. The summed E-state index contributed by atoms with van der Waals surface area (Å²) in [5, 5.41) is 9.35. The highest BCUT2D eigenvalue weighted by Crippen LogP contribution is 2.00. The quantitative estimate of drug-likeness (QED) is 0.507. The molecular weight excluding hydrogens is 168 g/mol. The van der Waals surface area contributed by atoms with Crippen molar-refractivity contribution in [2.24, 2.45) is 0 Å². The van der Waals surface area contributed by atoms with Crippen molar-refractivity contribution in [1.82, 2.24) is 0 Å². The molecule has 3 heteroatoms. The number of allylic oxidation sites excluding steroid dienone is 1. The van der Waals surface area contributed by atoms with E-state index in [1.54, 1.807) is 0 Å². The lowest BCUT2D eigenvalue weighted by Crippen LogP contribution is -2.11. The minimum atomic E-state index is -0.401. The molecule has 76 valence electrons. The molecule has 0 bridgehead atoms. The van der Waals surface area contributed by atoms with E-state index in [4.69, 9.17) is 4.74 Å². The number of hydrogen-bond acceptors (Lipinski definition) is 3. The second-order valence-corrected chi connectivity index (χ2v) is 2.90. The maximum atomic E-state index is 10.4. The zero-order valence-electron chi connectivity index (χ0n) is 8.32. The van der Waals surface area contributed by atoms with Crippen LogP contribution in [0.3, 0.4) is 0 Å². The van der Waals surface area contributed by atoms with Gasteiger partial charge in [-0.15, -0.1) is 0 Å². The summed E-state index contributed by atoms with van der Waals surface area (Å²) >= 11 is 0. The molecule has 0 aliphatic heterocycles. The highest BCUT2D eigenvalue weighted by atomic mass is 16.5. The van der Waals surface area contributed by atoms with Gasteiger partial charge < -0.3 is 9.84 Å². The van der Waals surface area contributed by atoms with Gasteiger partial charge in [0.2, 0.25) is 0 Å². The lowest BCUT2D eigenvalue weighted by atomic mass is 10.2. The Balaban J connectivity index is 3.34. The van der Waals surface area contributed by atoms with E-state index in [1.807, 2.05) is 19.1 Å². The fourth-order valence-electron chi connectivity index (χ4n) is 0.877. The molecule has 0 heterocycles. The molecular formula is C10H18O3. The van der Waals surface area contributed by atoms with E-state index in [-0.39, 0.29) is 5.97 Å². The first-order chi connectivity index (χ1) is 6.16. The van der Waals surface area contributed by atoms with Crippen molar-refractivity contribution in [3.63, 3.8) is 0 Å². The maximum absolute atomic E-state index is 10.4. The van der Waals surface area contributed by atoms with Crippen LogP contribution < -0.4 is 0 Å². The van der Waals surface area contributed by atoms with Crippen LogP contribution in [-0.2, 0) is 9.53 Å². The molecule has 0 radical (unpaired) electrons. The molecule has 1 N–H and O–H groups in total. The van der Waals surface area contributed by atoms with Crippen molar-refractivity contribution in [1.29, 1.82) is 0 Å². The summed E-state index contributed by atoms with van der Waals surface area (Å²) in [6, 6.07) is 0. The molecule has 0 aliphatic rings. The maximum Gasteiger partial charge on any atom is 0.302 e. The van der Waals surface area contributed by atoms with Crippen molar-refractivity contribution >= 4 is 5.97 Å². The molecule has 0 rings (SSSR count). The Bertz CT molecular complexity index is 164. The van der Waals surface area contributed by atoms with Gasteiger partial charge in [0.25, 0.3) is 0 Å². The zero-order valence-corrected chi connectivity index (χ0v) is 8.32. The Hall–Kier alpha value is -0.830. The number of esters is 1. The number of rotatable bonds is 6. The fraction of sp³-hybridized carbons (Fsp3) is 0.700. The molecule has 0 saturated heterocycles. The zero-order chi connectivity index (χ0) is 10.1. The van der Waals surface area contributed by atoms with Crippen LogP contribution in [0.15, 0.2) is 12.2 Å². The van der Waals surface area contributed by atoms with Crippen molar-refractivity contribution in [3.05, 3.63) is 12.2 Å². The van der Waals surface area contributed by atoms with Gasteiger partial charge >= 0.3 is 5.97 Å². The van der Waals surface area contributed by atoms with Gasteiger partial charge in [0.05, 0.1) is 12.7 Å². The number of ether oxygens (including phenoxy) is 1. The molecule has 13 heavy (non-hydrogen) atoms. The number of carbonyl (C=O) groups excluding carboxylic acids is 1. The minimum Gasteiger partial charge on any atom is -0.466 e. The monoisotopic (exact) mass is 186 g/mol. The topological polar surface area (TPSA) is 46.5 Å². The standard InChI is InChI=1S/C10H18O3/c1-3-4-5-6-10(12)7-8-13-9(2)11/h4-5,10,12H,3,6-8H2,1-2H3/b5-4+. The van der Waals surface area contributed by atoms with Gasteiger partial charge in [0.1, 0.15) is 0 Å². The van der Waals surface area contributed by atoms with Gasteiger partial charge in [-0.05, 0) is 12.8 Å². The summed E-state index contributed by atoms with van der Waals surface area (Å²) in [6.07, 6.45) is 5.68. The minimum absolute atomic E-state index is 0.295. The Kier molecular flexibility index (Phi) is 7.30. The summed E-state index contributed by atoms with van der Waals surface area (Å²) in [7, 11) is 0. The molecule has 0 spiro atoms. The van der Waals surface area contributed by atoms with Crippen molar-refractivity contribution in [2.45, 2.75) is 39.2 Å². The number of hydrogen-bond donors (Lipinski definition) is 1. The summed E-state index contributed by atoms with van der Waals surface area (Å²) in [6.45, 7) is 3.71. The number of aliphatic hydroxyl groups excluding tert-OH is 1. The highest BCUT2D eigenvalue weighted by molar-refractivity contribution is 5.65. The first-order valence-corrected chi connectivity index (χ1v) is 4.63. The first kappa shape index (κ1) is 12.2. The van der Waals surface area contributed by atoms with Crippen LogP contribution in [0.1, 0.15) is 33.1 Å². The normalized spacial score (nSPS) is 13.2. The van der Waals surface area contributed by atoms with Crippen LogP contribution in [-0.4, -0.2) is 23.8 Å². The molecule has 0 aliphatic carbocycles. The molecule has 0 aromatic rings. The van der Waals surface area contributed by atoms with E-state index in [0.29, 0.717) is 19.4 Å². The molecule has 0 fully saturated rings. The SMILES string of the molecule is CC/C=C/CC(O)CCOC(C)=O. The van der Waals surface area contributed by atoms with Gasteiger partial charge in [0.15, 0.2) is 0 Å². The van der Waals surface area contributed by atoms with E-state index in [9.17, 15) is 9.90 Å². The van der Waals surface area contributed by atoms with Crippen LogP contribution >= 0.6 is 0 Å². The molecule has 1 unspecified atom stereocenters. The smallest absolute Gasteiger partial charge is 0.302 e. The van der Waals surface area contributed by atoms with Crippen LogP contribution in [0.4, 0.5) is 0 Å². The van der Waals surface area contributed by atoms with Crippen molar-refractivity contribution in [3.8, 4) is 0 Å². The summed E-state index contributed by atoms with van der Waals surface area (Å²) < 4.78 is 4.70. The molecule has 0 aromatic carbocycles. The Labute approximate surface area is 79.4 Å². The Morgan fingerprint density at radius 3 is 2.77 bits per heavy atom. The van der Waals surface area contributed by atoms with Crippen molar-refractivity contribution in [2.75, 3.05) is 6.61 Å². The van der Waals surface area contributed by atoms with E-state index in [0.717, 1.165) is 6.42 Å². The summed E-state index contributed by atoms with van der Waals surface area (Å²) in [5.74, 6) is -0.295. The Morgan fingerprint density at radius 2 is 2.23 bits per heavy atom. The summed E-state index contributed by atoms with van der Waals surface area (Å²) in [5.41, 5.74) is 0. The Morgan fingerprint density at radius 1 is 1.54 bits per heavy atom. The van der Waals surface area contributed by atoms with E-state index < -0.39 is 6.10 Å². The third-order valence-corrected chi connectivity index (χ3v) is 1.57. The predicted octanol–water partition coefficient (Wildman–Crippen LogP) is 1.66. The van der Waals surface area contributed by atoms with Crippen LogP contribution in [0.5, 0.6) is 0 Å². The van der Waals surface area contributed by atoms with E-state index in [2.05, 4.69) is 0 Å². The summed E-state index contributed by atoms with van der Waals surface area (Å²) in [4.78, 5) is 10.4. The van der Waals surface area contributed by atoms with Crippen molar-refractivity contribution < 1.29 is 14.6 Å². The van der Waals surface area contributed by atoms with E-state index >= 15 is 0 Å². The lowest BCUT2D eigenvalue weighted by Gasteiger charge is -2.07. The van der Waals surface area contributed by atoms with Gasteiger partial charge in [-0.1, -0.05) is 19.1 Å². The van der Waals surface area contributed by atoms with E-state index in [1.165, 1.54) is 6.92 Å². The van der Waals surface area contributed by atoms with Gasteiger partial charge in [-0.2, -0.15) is 0 Å². The molecule has 0 aromatic heterocycles. The lowest BCUT2D eigenvalue weighted by molar-refractivity contribution is -0.141. The number of carbonyl (C=O) groups is 1. The molecule has 3 nitrogen and oxygen atoms in total. The second-order valence-electron chi connectivity index (χ2n) is 2.90. The second kappa shape index (κ2) is 7.80. The largest absolute Gasteiger partial charge is 0.466 e. The van der Waals surface area contributed by atoms with Crippen LogP contribution in [0.2, 0.25) is 0 Å². The third kappa shape index (κ3) is 9.08. The van der Waals surface area contributed by atoms with Crippen LogP contribution in [0, 0.1) is 0 Å². The molecule has 1 atom stereocenters. The molecule has 0 amide bonds. The highest BCUT2D eigenvalue weighted by Gasteiger charge is 2.02. The average molecular weight is 186 g/mol. The number of aliphatic hydroxyl groups is 1. The molecule has 0 saturated carbocycles. The van der Waals surface area contributed by atoms with Gasteiger partial charge in [0, 0.05) is 13.3 Å². The average Bonchev–Trinajstić information content (AvgIpc) is 2.04.